The summed E-state index contributed by atoms with van der Waals surface area (Å²) in [5.41, 5.74) is 3.26. The van der Waals surface area contributed by atoms with Gasteiger partial charge in [-0.15, -0.1) is 0 Å². The highest BCUT2D eigenvalue weighted by molar-refractivity contribution is 9.09. The molecule has 0 spiro atoms. The molecule has 2 atom stereocenters. The fourth-order valence-corrected chi connectivity index (χ4v) is 3.52. The van der Waals surface area contributed by atoms with Crippen molar-refractivity contribution < 1.29 is 0 Å². The van der Waals surface area contributed by atoms with Gasteiger partial charge in [0.05, 0.1) is 0 Å². The number of hydrogen-bond acceptors (Lipinski definition) is 0. The van der Waals surface area contributed by atoms with Gasteiger partial charge < -0.3 is 0 Å². The van der Waals surface area contributed by atoms with E-state index >= 15 is 0 Å². The Balaban J connectivity index is 2.56. The average Bonchev–Trinajstić information content (AvgIpc) is 2.26. The lowest BCUT2D eigenvalue weighted by Crippen LogP contribution is -2.12. The van der Waals surface area contributed by atoms with Gasteiger partial charge in [-0.05, 0) is 41.7 Å². The molecule has 0 aromatic heterocycles. The molecule has 102 valence electrons. The molecule has 0 fully saturated rings. The second kappa shape index (κ2) is 6.75. The van der Waals surface area contributed by atoms with Crippen LogP contribution in [0, 0.1) is 11.3 Å². The van der Waals surface area contributed by atoms with Crippen LogP contribution in [0.2, 0.25) is 0 Å². The standard InChI is InChI=1S/C17H27Br/c1-6-14-7-9-15(10-8-14)16(18)11-13(2)12-17(3,4)5/h7-10,13,16H,6,11-12H2,1-5H3. The Morgan fingerprint density at radius 2 is 1.67 bits per heavy atom. The van der Waals surface area contributed by atoms with Crippen LogP contribution >= 0.6 is 15.9 Å². The molecule has 1 aromatic carbocycles. The first-order valence-electron chi connectivity index (χ1n) is 7.04. The summed E-state index contributed by atoms with van der Waals surface area (Å²) in [4.78, 5) is 0.487. The second-order valence-electron chi connectivity index (χ2n) is 6.67. The molecule has 0 amide bonds. The van der Waals surface area contributed by atoms with Gasteiger partial charge in [0.25, 0.3) is 0 Å². The Hall–Kier alpha value is -0.300. The molecule has 0 radical (unpaired) electrons. The summed E-state index contributed by atoms with van der Waals surface area (Å²) >= 11 is 3.84. The van der Waals surface area contributed by atoms with Crippen LogP contribution in [0.3, 0.4) is 0 Å². The van der Waals surface area contributed by atoms with Crippen molar-refractivity contribution >= 4 is 15.9 Å². The SMILES string of the molecule is CCc1ccc(C(Br)CC(C)CC(C)(C)C)cc1. The topological polar surface area (TPSA) is 0 Å². The Bertz CT molecular complexity index is 345. The van der Waals surface area contributed by atoms with Crippen LogP contribution in [0.25, 0.3) is 0 Å². The van der Waals surface area contributed by atoms with E-state index in [9.17, 15) is 0 Å². The van der Waals surface area contributed by atoms with Gasteiger partial charge in [-0.2, -0.15) is 0 Å². The highest BCUT2D eigenvalue weighted by Crippen LogP contribution is 2.34. The molecular formula is C17H27Br. The van der Waals surface area contributed by atoms with E-state index in [-0.39, 0.29) is 0 Å². The zero-order valence-electron chi connectivity index (χ0n) is 12.5. The zero-order chi connectivity index (χ0) is 13.8. The van der Waals surface area contributed by atoms with Crippen LogP contribution in [0.15, 0.2) is 24.3 Å². The first kappa shape index (κ1) is 15.8. The van der Waals surface area contributed by atoms with E-state index in [0.717, 1.165) is 12.3 Å². The third-order valence-corrected chi connectivity index (χ3v) is 4.22. The molecule has 0 bridgehead atoms. The maximum atomic E-state index is 3.84. The summed E-state index contributed by atoms with van der Waals surface area (Å²) in [5, 5.41) is 0. The van der Waals surface area contributed by atoms with Crippen molar-refractivity contribution in [3.05, 3.63) is 35.4 Å². The van der Waals surface area contributed by atoms with E-state index < -0.39 is 0 Å². The molecule has 0 saturated heterocycles. The monoisotopic (exact) mass is 310 g/mol. The van der Waals surface area contributed by atoms with E-state index in [1.165, 1.54) is 24.0 Å². The predicted molar refractivity (Wildman–Crippen MR) is 85.3 cm³/mol. The Morgan fingerprint density at radius 3 is 2.11 bits per heavy atom. The summed E-state index contributed by atoms with van der Waals surface area (Å²) in [6, 6.07) is 9.03. The highest BCUT2D eigenvalue weighted by Gasteiger charge is 2.18. The highest BCUT2D eigenvalue weighted by atomic mass is 79.9. The minimum absolute atomic E-state index is 0.429. The van der Waals surface area contributed by atoms with Crippen LogP contribution in [-0.2, 0) is 6.42 Å². The van der Waals surface area contributed by atoms with Gasteiger partial charge in [0.1, 0.15) is 0 Å². The van der Waals surface area contributed by atoms with Crippen molar-refractivity contribution in [2.75, 3.05) is 0 Å². The van der Waals surface area contributed by atoms with E-state index in [0.29, 0.717) is 10.2 Å². The van der Waals surface area contributed by atoms with Gasteiger partial charge >= 0.3 is 0 Å². The van der Waals surface area contributed by atoms with Crippen molar-refractivity contribution in [2.45, 2.75) is 58.7 Å². The molecule has 1 heteroatoms. The van der Waals surface area contributed by atoms with Crippen molar-refractivity contribution in [2.24, 2.45) is 11.3 Å². The summed E-state index contributed by atoms with van der Waals surface area (Å²) in [6.45, 7) is 11.5. The summed E-state index contributed by atoms with van der Waals surface area (Å²) in [6.07, 6.45) is 3.61. The van der Waals surface area contributed by atoms with Crippen LogP contribution in [0.1, 0.15) is 63.4 Å². The first-order valence-corrected chi connectivity index (χ1v) is 7.96. The Kier molecular flexibility index (Phi) is 5.91. The number of halogens is 1. The predicted octanol–water partition coefficient (Wildman–Crippen LogP) is 6.15. The van der Waals surface area contributed by atoms with Gasteiger partial charge in [0.15, 0.2) is 0 Å². The molecular weight excluding hydrogens is 284 g/mol. The van der Waals surface area contributed by atoms with E-state index in [2.05, 4.69) is 74.8 Å². The van der Waals surface area contributed by atoms with Gasteiger partial charge in [-0.3, -0.25) is 0 Å². The molecule has 0 nitrogen and oxygen atoms in total. The summed E-state index contributed by atoms with van der Waals surface area (Å²) in [7, 11) is 0. The maximum absolute atomic E-state index is 3.84. The normalized spacial score (nSPS) is 15.4. The lowest BCUT2D eigenvalue weighted by atomic mass is 9.83. The molecule has 0 saturated carbocycles. The number of alkyl halides is 1. The van der Waals surface area contributed by atoms with Crippen LogP contribution in [-0.4, -0.2) is 0 Å². The van der Waals surface area contributed by atoms with Crippen LogP contribution < -0.4 is 0 Å². The molecule has 1 aromatic rings. The maximum Gasteiger partial charge on any atom is 0.0397 e. The molecule has 18 heavy (non-hydrogen) atoms. The number of benzene rings is 1. The van der Waals surface area contributed by atoms with Crippen LogP contribution in [0.5, 0.6) is 0 Å². The van der Waals surface area contributed by atoms with Crippen molar-refractivity contribution in [1.29, 1.82) is 0 Å². The Labute approximate surface area is 121 Å². The molecule has 0 N–H and O–H groups in total. The largest absolute Gasteiger partial charge is 0.0839 e. The van der Waals surface area contributed by atoms with Gasteiger partial charge in [0, 0.05) is 4.83 Å². The van der Waals surface area contributed by atoms with Gasteiger partial charge in [-0.25, -0.2) is 0 Å². The van der Waals surface area contributed by atoms with Gasteiger partial charge in [-0.1, -0.05) is 74.8 Å². The summed E-state index contributed by atoms with van der Waals surface area (Å²) in [5.74, 6) is 0.750. The third kappa shape index (κ3) is 5.56. The zero-order valence-corrected chi connectivity index (χ0v) is 14.0. The molecule has 0 aliphatic carbocycles. The fraction of sp³-hybridized carbons (Fsp3) is 0.647. The molecule has 0 aliphatic heterocycles. The van der Waals surface area contributed by atoms with Crippen molar-refractivity contribution in [3.8, 4) is 0 Å². The third-order valence-electron chi connectivity index (χ3n) is 3.32. The lowest BCUT2D eigenvalue weighted by molar-refractivity contribution is 0.296. The average molecular weight is 311 g/mol. The number of rotatable bonds is 5. The van der Waals surface area contributed by atoms with Crippen LogP contribution in [0.4, 0.5) is 0 Å². The van der Waals surface area contributed by atoms with E-state index in [1.54, 1.807) is 0 Å². The molecule has 0 aliphatic rings. The smallest absolute Gasteiger partial charge is 0.0397 e. The number of hydrogen-bond donors (Lipinski definition) is 0. The number of aryl methyl sites for hydroxylation is 1. The lowest BCUT2D eigenvalue weighted by Gasteiger charge is -2.25. The second-order valence-corrected chi connectivity index (χ2v) is 7.77. The van der Waals surface area contributed by atoms with Crippen molar-refractivity contribution in [1.82, 2.24) is 0 Å². The summed E-state index contributed by atoms with van der Waals surface area (Å²) < 4.78 is 0. The quantitative estimate of drug-likeness (QED) is 0.572. The Morgan fingerprint density at radius 1 is 1.11 bits per heavy atom. The molecule has 2 unspecified atom stereocenters. The minimum Gasteiger partial charge on any atom is -0.0839 e. The van der Waals surface area contributed by atoms with Gasteiger partial charge in [0.2, 0.25) is 0 Å². The first-order chi connectivity index (χ1) is 8.31. The van der Waals surface area contributed by atoms with Crippen molar-refractivity contribution in [3.63, 3.8) is 0 Å². The fourth-order valence-electron chi connectivity index (χ4n) is 2.58. The minimum atomic E-state index is 0.429. The molecule has 0 heterocycles. The van der Waals surface area contributed by atoms with E-state index in [1.807, 2.05) is 0 Å². The molecule has 1 rings (SSSR count). The van der Waals surface area contributed by atoms with E-state index in [4.69, 9.17) is 0 Å².